The molecule has 0 saturated heterocycles. The lowest BCUT2D eigenvalue weighted by Crippen LogP contribution is -2.00. The predicted octanol–water partition coefficient (Wildman–Crippen LogP) is 5.84. The van der Waals surface area contributed by atoms with Gasteiger partial charge in [0.2, 0.25) is 0 Å². The molecule has 2 heterocycles. The van der Waals surface area contributed by atoms with Crippen molar-refractivity contribution in [2.45, 2.75) is 13.3 Å². The molecule has 0 saturated carbocycles. The highest BCUT2D eigenvalue weighted by atomic mass is 16.5. The van der Waals surface area contributed by atoms with Crippen LogP contribution in [0, 0.1) is 0 Å². The topological polar surface area (TPSA) is 67.6 Å². The number of aryl methyl sites for hydroxylation is 1. The Bertz CT molecular complexity index is 1530. The van der Waals surface area contributed by atoms with E-state index in [1.807, 2.05) is 65.3 Å². The van der Waals surface area contributed by atoms with Crippen molar-refractivity contribution in [2.75, 3.05) is 28.4 Å². The van der Waals surface area contributed by atoms with Gasteiger partial charge in [0.15, 0.2) is 17.1 Å². The monoisotopic (exact) mass is 469 g/mol. The van der Waals surface area contributed by atoms with Crippen molar-refractivity contribution < 1.29 is 18.9 Å². The fraction of sp³-hybridized carbons (Fsp3) is 0.214. The molecular formula is C28H27N3O4. The molecule has 0 aliphatic carbocycles. The third-order valence-corrected chi connectivity index (χ3v) is 6.20. The van der Waals surface area contributed by atoms with E-state index >= 15 is 0 Å². The summed E-state index contributed by atoms with van der Waals surface area (Å²) in [6, 6.07) is 19.7. The zero-order valence-electron chi connectivity index (χ0n) is 20.5. The lowest BCUT2D eigenvalue weighted by molar-refractivity contribution is 0.356. The van der Waals surface area contributed by atoms with Crippen molar-refractivity contribution in [3.8, 4) is 39.9 Å². The highest BCUT2D eigenvalue weighted by molar-refractivity contribution is 6.13. The van der Waals surface area contributed by atoms with Gasteiger partial charge in [-0.1, -0.05) is 25.1 Å². The lowest BCUT2D eigenvalue weighted by atomic mass is 9.99. The number of hydrogen-bond acceptors (Lipinski definition) is 6. The van der Waals surface area contributed by atoms with Gasteiger partial charge in [-0.25, -0.2) is 9.67 Å². The first-order valence-corrected chi connectivity index (χ1v) is 11.4. The molecule has 7 nitrogen and oxygen atoms in total. The molecule has 0 radical (unpaired) electrons. The summed E-state index contributed by atoms with van der Waals surface area (Å²) < 4.78 is 24.5. The molecule has 0 aliphatic rings. The Morgan fingerprint density at radius 3 is 2.06 bits per heavy atom. The highest BCUT2D eigenvalue weighted by Crippen LogP contribution is 2.43. The average Bonchev–Trinajstić information content (AvgIpc) is 3.30. The number of fused-ring (bicyclic) bond motifs is 3. The number of aromatic nitrogens is 3. The molecule has 35 heavy (non-hydrogen) atoms. The number of pyridine rings is 1. The van der Waals surface area contributed by atoms with Crippen LogP contribution in [0.4, 0.5) is 0 Å². The smallest absolute Gasteiger partial charge is 0.164 e. The molecule has 0 atom stereocenters. The minimum Gasteiger partial charge on any atom is -0.497 e. The molecule has 0 fully saturated rings. The molecule has 0 amide bonds. The molecular weight excluding hydrogens is 442 g/mol. The van der Waals surface area contributed by atoms with Gasteiger partial charge in [0.05, 0.1) is 50.9 Å². The maximum absolute atomic E-state index is 5.73. The summed E-state index contributed by atoms with van der Waals surface area (Å²) in [5.41, 5.74) is 4.20. The van der Waals surface area contributed by atoms with Crippen molar-refractivity contribution in [1.29, 1.82) is 0 Å². The van der Waals surface area contributed by atoms with Gasteiger partial charge in [0, 0.05) is 16.3 Å². The third kappa shape index (κ3) is 3.69. The van der Waals surface area contributed by atoms with Gasteiger partial charge in [-0.2, -0.15) is 5.10 Å². The normalized spacial score (nSPS) is 11.1. The van der Waals surface area contributed by atoms with Gasteiger partial charge in [-0.05, 0) is 48.9 Å². The second-order valence-electron chi connectivity index (χ2n) is 8.03. The molecule has 0 N–H and O–H groups in total. The van der Waals surface area contributed by atoms with Crippen LogP contribution in [-0.4, -0.2) is 43.2 Å². The summed E-state index contributed by atoms with van der Waals surface area (Å²) in [5.74, 6) is 2.67. The molecule has 5 rings (SSSR count). The largest absolute Gasteiger partial charge is 0.497 e. The third-order valence-electron chi connectivity index (χ3n) is 6.20. The van der Waals surface area contributed by atoms with Crippen LogP contribution in [0.3, 0.4) is 0 Å². The fourth-order valence-electron chi connectivity index (χ4n) is 4.48. The molecule has 0 unspecified atom stereocenters. The second kappa shape index (κ2) is 9.18. The summed E-state index contributed by atoms with van der Waals surface area (Å²) in [6.07, 6.45) is 0.753. The van der Waals surface area contributed by atoms with E-state index in [-0.39, 0.29) is 0 Å². The molecule has 0 spiro atoms. The minimum absolute atomic E-state index is 0.623. The molecule has 7 heteroatoms. The van der Waals surface area contributed by atoms with E-state index in [9.17, 15) is 0 Å². The first-order valence-electron chi connectivity index (χ1n) is 11.4. The van der Waals surface area contributed by atoms with Gasteiger partial charge < -0.3 is 18.9 Å². The summed E-state index contributed by atoms with van der Waals surface area (Å²) >= 11 is 0. The number of ether oxygens (including phenoxy) is 4. The number of nitrogens with zero attached hydrogens (tertiary/aromatic N) is 3. The Balaban J connectivity index is 1.98. The van der Waals surface area contributed by atoms with Crippen LogP contribution >= 0.6 is 0 Å². The molecule has 5 aromatic rings. The van der Waals surface area contributed by atoms with Gasteiger partial charge in [0.25, 0.3) is 0 Å². The van der Waals surface area contributed by atoms with Crippen LogP contribution in [0.25, 0.3) is 38.8 Å². The van der Waals surface area contributed by atoms with Gasteiger partial charge in [0.1, 0.15) is 11.5 Å². The number of benzene rings is 3. The maximum atomic E-state index is 5.73. The Kier molecular flexibility index (Phi) is 5.91. The molecule has 2 aromatic heterocycles. The Morgan fingerprint density at radius 1 is 0.743 bits per heavy atom. The van der Waals surface area contributed by atoms with Crippen LogP contribution < -0.4 is 18.9 Å². The van der Waals surface area contributed by atoms with Crippen molar-refractivity contribution >= 4 is 21.8 Å². The number of rotatable bonds is 7. The number of para-hydroxylation sites is 1. The summed E-state index contributed by atoms with van der Waals surface area (Å²) in [7, 11) is 6.57. The zero-order valence-corrected chi connectivity index (χ0v) is 20.5. The van der Waals surface area contributed by atoms with Crippen LogP contribution in [0.2, 0.25) is 0 Å². The van der Waals surface area contributed by atoms with Crippen molar-refractivity contribution in [1.82, 2.24) is 14.8 Å². The highest BCUT2D eigenvalue weighted by Gasteiger charge is 2.23. The van der Waals surface area contributed by atoms with Crippen LogP contribution in [0.15, 0.2) is 60.7 Å². The van der Waals surface area contributed by atoms with E-state index in [0.29, 0.717) is 23.0 Å². The van der Waals surface area contributed by atoms with Gasteiger partial charge in [-0.15, -0.1) is 0 Å². The first kappa shape index (κ1) is 22.5. The Labute approximate surface area is 203 Å². The van der Waals surface area contributed by atoms with Crippen LogP contribution in [0.1, 0.15) is 12.6 Å². The quantitative estimate of drug-likeness (QED) is 0.298. The summed E-state index contributed by atoms with van der Waals surface area (Å²) in [5, 5.41) is 7.83. The van der Waals surface area contributed by atoms with Gasteiger partial charge >= 0.3 is 0 Å². The van der Waals surface area contributed by atoms with Crippen molar-refractivity contribution in [3.63, 3.8) is 0 Å². The number of methoxy groups -OCH3 is 4. The van der Waals surface area contributed by atoms with E-state index < -0.39 is 0 Å². The van der Waals surface area contributed by atoms with Gasteiger partial charge in [-0.3, -0.25) is 0 Å². The van der Waals surface area contributed by atoms with E-state index in [1.165, 1.54) is 0 Å². The van der Waals surface area contributed by atoms with Crippen LogP contribution in [0.5, 0.6) is 23.0 Å². The van der Waals surface area contributed by atoms with Crippen molar-refractivity contribution in [2.24, 2.45) is 0 Å². The van der Waals surface area contributed by atoms with E-state index in [4.69, 9.17) is 29.0 Å². The van der Waals surface area contributed by atoms with Crippen molar-refractivity contribution in [3.05, 3.63) is 66.4 Å². The van der Waals surface area contributed by atoms with Crippen LogP contribution in [-0.2, 0) is 6.42 Å². The standard InChI is InChI=1S/C28H27N3O4/c1-6-22-26-19-15-24(34-4)25(35-5)16-20(19)27(21-14-18(32-2)12-13-23(21)33-3)29-28(26)31(30-22)17-10-8-7-9-11-17/h7-16H,6H2,1-5H3. The average molecular weight is 470 g/mol. The first-order chi connectivity index (χ1) is 17.1. The summed E-state index contributed by atoms with van der Waals surface area (Å²) in [6.45, 7) is 2.10. The fourth-order valence-corrected chi connectivity index (χ4v) is 4.48. The zero-order chi connectivity index (χ0) is 24.5. The van der Waals surface area contributed by atoms with E-state index in [0.717, 1.165) is 50.9 Å². The minimum atomic E-state index is 0.623. The molecule has 0 aliphatic heterocycles. The van der Waals surface area contributed by atoms with E-state index in [2.05, 4.69) is 6.92 Å². The Hall–Kier alpha value is -4.26. The predicted molar refractivity (Wildman–Crippen MR) is 137 cm³/mol. The van der Waals surface area contributed by atoms with E-state index in [1.54, 1.807) is 28.4 Å². The second-order valence-corrected chi connectivity index (χ2v) is 8.03. The summed E-state index contributed by atoms with van der Waals surface area (Å²) in [4.78, 5) is 5.20. The molecule has 0 bridgehead atoms. The lowest BCUT2D eigenvalue weighted by Gasteiger charge is -2.16. The SMILES string of the molecule is CCc1nn(-c2ccccc2)c2nc(-c3cc(OC)ccc3OC)c3cc(OC)c(OC)cc3c12. The number of hydrogen-bond donors (Lipinski definition) is 0. The molecule has 3 aromatic carbocycles. The maximum Gasteiger partial charge on any atom is 0.164 e. The molecule has 178 valence electrons. The Morgan fingerprint density at radius 2 is 1.43 bits per heavy atom.